The SMILES string of the molecule is Cc1nnc(-n2cc(I)cn2)c2ccccc12. The lowest BCUT2D eigenvalue weighted by Gasteiger charge is -2.06. The molecule has 0 spiro atoms. The average Bonchev–Trinajstić information content (AvgIpc) is 2.77. The summed E-state index contributed by atoms with van der Waals surface area (Å²) in [5.41, 5.74) is 0.936. The third kappa shape index (κ3) is 1.80. The van der Waals surface area contributed by atoms with Crippen molar-refractivity contribution >= 4 is 33.4 Å². The van der Waals surface area contributed by atoms with Gasteiger partial charge in [0.15, 0.2) is 5.82 Å². The number of halogens is 1. The molecule has 0 amide bonds. The maximum Gasteiger partial charge on any atom is 0.183 e. The van der Waals surface area contributed by atoms with Crippen LogP contribution in [-0.4, -0.2) is 20.0 Å². The van der Waals surface area contributed by atoms with E-state index in [1.54, 1.807) is 10.9 Å². The van der Waals surface area contributed by atoms with Gasteiger partial charge in [-0.25, -0.2) is 4.68 Å². The first-order chi connectivity index (χ1) is 8.25. The summed E-state index contributed by atoms with van der Waals surface area (Å²) < 4.78 is 2.84. The van der Waals surface area contributed by atoms with E-state index in [1.165, 1.54) is 0 Å². The molecule has 5 heteroatoms. The molecule has 3 rings (SSSR count). The molecule has 0 aliphatic carbocycles. The molecule has 2 aromatic heterocycles. The molecule has 0 aliphatic heterocycles. The van der Waals surface area contributed by atoms with Crippen molar-refractivity contribution in [2.75, 3.05) is 0 Å². The number of aromatic nitrogens is 4. The molecular formula is C12H9IN4. The molecule has 0 radical (unpaired) electrons. The molecule has 0 saturated heterocycles. The Bertz CT molecular complexity index is 690. The Balaban J connectivity index is 2.34. The van der Waals surface area contributed by atoms with Crippen molar-refractivity contribution in [1.29, 1.82) is 0 Å². The van der Waals surface area contributed by atoms with Crippen LogP contribution >= 0.6 is 22.6 Å². The highest BCUT2D eigenvalue weighted by atomic mass is 127. The highest BCUT2D eigenvalue weighted by molar-refractivity contribution is 14.1. The van der Waals surface area contributed by atoms with Crippen molar-refractivity contribution in [3.05, 3.63) is 45.9 Å². The van der Waals surface area contributed by atoms with Crippen molar-refractivity contribution in [2.45, 2.75) is 6.92 Å². The topological polar surface area (TPSA) is 43.6 Å². The standard InChI is InChI=1S/C12H9IN4/c1-8-10-4-2-3-5-11(10)12(16-15-8)17-7-9(13)6-14-17/h2-7H,1H3. The molecule has 3 aromatic rings. The van der Waals surface area contributed by atoms with E-state index in [0.717, 1.165) is 25.9 Å². The van der Waals surface area contributed by atoms with E-state index in [4.69, 9.17) is 0 Å². The Morgan fingerprint density at radius 1 is 1.12 bits per heavy atom. The average molecular weight is 336 g/mol. The summed E-state index contributed by atoms with van der Waals surface area (Å²) in [6.07, 6.45) is 3.74. The normalized spacial score (nSPS) is 10.9. The van der Waals surface area contributed by atoms with Crippen LogP contribution in [0.5, 0.6) is 0 Å². The monoisotopic (exact) mass is 336 g/mol. The van der Waals surface area contributed by atoms with Crippen molar-refractivity contribution in [3.8, 4) is 5.82 Å². The molecule has 0 N–H and O–H groups in total. The molecule has 0 bridgehead atoms. The Labute approximate surface area is 112 Å². The van der Waals surface area contributed by atoms with Gasteiger partial charge in [-0.05, 0) is 29.5 Å². The molecule has 0 atom stereocenters. The van der Waals surface area contributed by atoms with Gasteiger partial charge in [-0.3, -0.25) is 0 Å². The van der Waals surface area contributed by atoms with Crippen molar-refractivity contribution in [1.82, 2.24) is 20.0 Å². The zero-order chi connectivity index (χ0) is 11.8. The van der Waals surface area contributed by atoms with Gasteiger partial charge in [0.05, 0.1) is 15.5 Å². The van der Waals surface area contributed by atoms with E-state index < -0.39 is 0 Å². The fourth-order valence-electron chi connectivity index (χ4n) is 1.81. The Hall–Kier alpha value is -1.50. The predicted molar refractivity (Wildman–Crippen MR) is 74.1 cm³/mol. The van der Waals surface area contributed by atoms with E-state index in [2.05, 4.69) is 44.0 Å². The molecule has 17 heavy (non-hydrogen) atoms. The first-order valence-corrected chi connectivity index (χ1v) is 6.26. The molecule has 4 nitrogen and oxygen atoms in total. The smallest absolute Gasteiger partial charge is 0.183 e. The van der Waals surface area contributed by atoms with Gasteiger partial charge in [-0.1, -0.05) is 24.3 Å². The van der Waals surface area contributed by atoms with Crippen molar-refractivity contribution in [2.24, 2.45) is 0 Å². The van der Waals surface area contributed by atoms with Gasteiger partial charge in [0.2, 0.25) is 0 Å². The summed E-state index contributed by atoms with van der Waals surface area (Å²) >= 11 is 2.23. The molecule has 0 fully saturated rings. The highest BCUT2D eigenvalue weighted by Crippen LogP contribution is 2.21. The van der Waals surface area contributed by atoms with Gasteiger partial charge < -0.3 is 0 Å². The predicted octanol–water partition coefficient (Wildman–Crippen LogP) is 2.73. The van der Waals surface area contributed by atoms with Crippen LogP contribution in [0.15, 0.2) is 36.7 Å². The Morgan fingerprint density at radius 2 is 1.88 bits per heavy atom. The highest BCUT2D eigenvalue weighted by Gasteiger charge is 2.08. The minimum Gasteiger partial charge on any atom is -0.219 e. The molecular weight excluding hydrogens is 327 g/mol. The third-order valence-electron chi connectivity index (χ3n) is 2.62. The summed E-state index contributed by atoms with van der Waals surface area (Å²) in [6, 6.07) is 8.10. The first-order valence-electron chi connectivity index (χ1n) is 5.18. The van der Waals surface area contributed by atoms with Gasteiger partial charge in [0.25, 0.3) is 0 Å². The summed E-state index contributed by atoms with van der Waals surface area (Å²) in [6.45, 7) is 1.96. The Kier molecular flexibility index (Phi) is 2.54. The second-order valence-electron chi connectivity index (χ2n) is 3.76. The van der Waals surface area contributed by atoms with E-state index in [9.17, 15) is 0 Å². The number of hydrogen-bond acceptors (Lipinski definition) is 3. The van der Waals surface area contributed by atoms with E-state index >= 15 is 0 Å². The second-order valence-corrected chi connectivity index (χ2v) is 5.00. The minimum absolute atomic E-state index is 0.772. The number of fused-ring (bicyclic) bond motifs is 1. The molecule has 0 saturated carbocycles. The fourth-order valence-corrected chi connectivity index (χ4v) is 2.20. The van der Waals surface area contributed by atoms with Crippen LogP contribution in [0.2, 0.25) is 0 Å². The van der Waals surface area contributed by atoms with Gasteiger partial charge in [-0.2, -0.15) is 10.2 Å². The minimum atomic E-state index is 0.772. The van der Waals surface area contributed by atoms with Crippen LogP contribution in [-0.2, 0) is 0 Å². The Morgan fingerprint density at radius 3 is 2.59 bits per heavy atom. The third-order valence-corrected chi connectivity index (χ3v) is 3.18. The van der Waals surface area contributed by atoms with Crippen LogP contribution in [0.4, 0.5) is 0 Å². The first kappa shape index (κ1) is 10.6. The van der Waals surface area contributed by atoms with Crippen LogP contribution in [0.25, 0.3) is 16.6 Å². The number of benzene rings is 1. The van der Waals surface area contributed by atoms with Crippen molar-refractivity contribution in [3.63, 3.8) is 0 Å². The molecule has 84 valence electrons. The zero-order valence-corrected chi connectivity index (χ0v) is 11.3. The fraction of sp³-hybridized carbons (Fsp3) is 0.0833. The van der Waals surface area contributed by atoms with Crippen LogP contribution < -0.4 is 0 Å². The molecule has 1 aromatic carbocycles. The summed E-state index contributed by atoms with van der Waals surface area (Å²) in [5, 5.41) is 14.9. The largest absolute Gasteiger partial charge is 0.219 e. The van der Waals surface area contributed by atoms with Crippen LogP contribution in [0, 0.1) is 10.5 Å². The number of hydrogen-bond donors (Lipinski definition) is 0. The number of aryl methyl sites for hydroxylation is 1. The van der Waals surface area contributed by atoms with Gasteiger partial charge >= 0.3 is 0 Å². The van der Waals surface area contributed by atoms with Crippen LogP contribution in [0.1, 0.15) is 5.69 Å². The number of nitrogens with zero attached hydrogens (tertiary/aromatic N) is 4. The van der Waals surface area contributed by atoms with E-state index in [-0.39, 0.29) is 0 Å². The van der Waals surface area contributed by atoms with Gasteiger partial charge in [0, 0.05) is 17.0 Å². The summed E-state index contributed by atoms with van der Waals surface area (Å²) in [4.78, 5) is 0. The maximum absolute atomic E-state index is 4.27. The van der Waals surface area contributed by atoms with Crippen molar-refractivity contribution < 1.29 is 0 Å². The second kappa shape index (κ2) is 4.06. The van der Waals surface area contributed by atoms with Gasteiger partial charge in [0.1, 0.15) is 0 Å². The lowest BCUT2D eigenvalue weighted by molar-refractivity contribution is 0.819. The number of rotatable bonds is 1. The molecule has 0 unspecified atom stereocenters. The lowest BCUT2D eigenvalue weighted by Crippen LogP contribution is -2.02. The zero-order valence-electron chi connectivity index (χ0n) is 9.13. The van der Waals surface area contributed by atoms with Gasteiger partial charge in [-0.15, -0.1) is 5.10 Å². The summed E-state index contributed by atoms with van der Waals surface area (Å²) in [7, 11) is 0. The maximum atomic E-state index is 4.27. The quantitative estimate of drug-likeness (QED) is 0.642. The van der Waals surface area contributed by atoms with E-state index in [0.29, 0.717) is 0 Å². The lowest BCUT2D eigenvalue weighted by atomic mass is 10.1. The van der Waals surface area contributed by atoms with Crippen LogP contribution in [0.3, 0.4) is 0 Å². The summed E-state index contributed by atoms with van der Waals surface area (Å²) in [5.74, 6) is 0.772. The molecule has 0 aliphatic rings. The molecule has 2 heterocycles. The van der Waals surface area contributed by atoms with E-state index in [1.807, 2.05) is 31.3 Å².